The van der Waals surface area contributed by atoms with Gasteiger partial charge < -0.3 is 10.2 Å². The number of aliphatic hydroxyl groups excluding tert-OH is 1. The van der Waals surface area contributed by atoms with Gasteiger partial charge in [0.1, 0.15) is 17.3 Å². The zero-order chi connectivity index (χ0) is 23.1. The van der Waals surface area contributed by atoms with E-state index in [0.29, 0.717) is 11.1 Å². The summed E-state index contributed by atoms with van der Waals surface area (Å²) in [4.78, 5) is 27.5. The highest BCUT2D eigenvalue weighted by atomic mass is 19.1. The number of fused-ring (bicyclic) bond motifs is 1. The summed E-state index contributed by atoms with van der Waals surface area (Å²) in [5.74, 6) is -2.62. The fourth-order valence-corrected chi connectivity index (χ4v) is 4.77. The molecule has 0 bridgehead atoms. The fourth-order valence-electron chi connectivity index (χ4n) is 4.77. The van der Waals surface area contributed by atoms with Gasteiger partial charge in [-0.1, -0.05) is 30.3 Å². The van der Waals surface area contributed by atoms with Crippen molar-refractivity contribution in [2.24, 2.45) is 0 Å². The maximum Gasteiger partial charge on any atom is 0.300 e. The molecule has 1 fully saturated rings. The van der Waals surface area contributed by atoms with Crippen molar-refractivity contribution in [2.45, 2.75) is 31.7 Å². The first-order valence-corrected chi connectivity index (χ1v) is 10.9. The van der Waals surface area contributed by atoms with E-state index in [0.717, 1.165) is 31.2 Å². The number of carbonyl (C=O) groups is 2. The van der Waals surface area contributed by atoms with Crippen LogP contribution in [0.4, 0.5) is 10.1 Å². The number of phenolic OH excluding ortho intramolecular Hbond substituents is 1. The van der Waals surface area contributed by atoms with Gasteiger partial charge in [-0.3, -0.25) is 14.5 Å². The summed E-state index contributed by atoms with van der Waals surface area (Å²) in [6, 6.07) is 16.1. The van der Waals surface area contributed by atoms with Crippen molar-refractivity contribution in [1.29, 1.82) is 0 Å². The third-order valence-electron chi connectivity index (χ3n) is 6.34. The zero-order valence-electron chi connectivity index (χ0n) is 17.8. The minimum atomic E-state index is -1.02. The highest BCUT2D eigenvalue weighted by Gasteiger charge is 2.47. The minimum absolute atomic E-state index is 0.0499. The number of hydrogen-bond donors (Lipinski definition) is 2. The summed E-state index contributed by atoms with van der Waals surface area (Å²) in [6.45, 7) is 0. The zero-order valence-corrected chi connectivity index (χ0v) is 17.8. The molecule has 1 unspecified atom stereocenters. The van der Waals surface area contributed by atoms with Crippen LogP contribution in [0.3, 0.4) is 0 Å². The summed E-state index contributed by atoms with van der Waals surface area (Å²) in [6.07, 6.45) is 4.05. The van der Waals surface area contributed by atoms with Crippen LogP contribution >= 0.6 is 0 Å². The van der Waals surface area contributed by atoms with Crippen LogP contribution in [0.5, 0.6) is 5.75 Å². The Labute approximate surface area is 190 Å². The molecule has 0 saturated carbocycles. The van der Waals surface area contributed by atoms with Crippen molar-refractivity contribution in [2.75, 3.05) is 4.90 Å². The predicted molar refractivity (Wildman–Crippen MR) is 122 cm³/mol. The van der Waals surface area contributed by atoms with Crippen LogP contribution in [-0.4, -0.2) is 21.9 Å². The number of nitrogens with zero attached hydrogens (tertiary/aromatic N) is 1. The van der Waals surface area contributed by atoms with Gasteiger partial charge in [0, 0.05) is 11.3 Å². The Morgan fingerprint density at radius 3 is 2.42 bits per heavy atom. The smallest absolute Gasteiger partial charge is 0.300 e. The number of ketones is 1. The average molecular weight is 443 g/mol. The molecule has 1 heterocycles. The maximum absolute atomic E-state index is 14.0. The lowest BCUT2D eigenvalue weighted by Crippen LogP contribution is -2.29. The van der Waals surface area contributed by atoms with E-state index >= 15 is 0 Å². The number of aryl methyl sites for hydroxylation is 2. The first-order chi connectivity index (χ1) is 15.9. The van der Waals surface area contributed by atoms with Crippen LogP contribution in [0, 0.1) is 5.82 Å². The first kappa shape index (κ1) is 20.9. The standard InChI is InChI=1S/C27H22FNO4/c28-20-8-4-9-21(15-20)29-24(18-7-3-10-22(30)14-18)23(26(32)27(29)33)25(31)19-12-11-16-5-1-2-6-17(16)13-19/h3-4,7-15,24,30-31H,1-2,5-6H2/b25-23-. The SMILES string of the molecule is O=C1C(=O)N(c2cccc(F)c2)C(c2cccc(O)c2)/C1=C(/O)c1ccc2c(c1)CCCC2. The van der Waals surface area contributed by atoms with E-state index in [9.17, 15) is 24.2 Å². The number of benzene rings is 3. The van der Waals surface area contributed by atoms with Crippen molar-refractivity contribution in [3.05, 3.63) is 100 Å². The number of phenols is 1. The van der Waals surface area contributed by atoms with Gasteiger partial charge in [0.25, 0.3) is 11.7 Å². The molecule has 1 amide bonds. The van der Waals surface area contributed by atoms with E-state index in [-0.39, 0.29) is 22.8 Å². The van der Waals surface area contributed by atoms with Crippen LogP contribution in [0.1, 0.15) is 41.1 Å². The second-order valence-corrected chi connectivity index (χ2v) is 8.43. The number of carbonyl (C=O) groups excluding carboxylic acids is 2. The molecular weight excluding hydrogens is 421 g/mol. The third-order valence-corrected chi connectivity index (χ3v) is 6.34. The Kier molecular flexibility index (Phi) is 5.21. The van der Waals surface area contributed by atoms with Crippen molar-refractivity contribution in [3.8, 4) is 5.75 Å². The van der Waals surface area contributed by atoms with Crippen molar-refractivity contribution < 1.29 is 24.2 Å². The van der Waals surface area contributed by atoms with Crippen molar-refractivity contribution in [3.63, 3.8) is 0 Å². The number of anilines is 1. The van der Waals surface area contributed by atoms with Gasteiger partial charge in [-0.15, -0.1) is 0 Å². The highest BCUT2D eigenvalue weighted by molar-refractivity contribution is 6.51. The second-order valence-electron chi connectivity index (χ2n) is 8.43. The molecule has 1 atom stereocenters. The molecule has 1 aliphatic carbocycles. The molecule has 0 spiro atoms. The Bertz CT molecular complexity index is 1310. The number of halogens is 1. The summed E-state index contributed by atoms with van der Waals surface area (Å²) < 4.78 is 14.0. The maximum atomic E-state index is 14.0. The Morgan fingerprint density at radius 2 is 1.67 bits per heavy atom. The quantitative estimate of drug-likeness (QED) is 0.338. The first-order valence-electron chi connectivity index (χ1n) is 10.9. The van der Waals surface area contributed by atoms with Gasteiger partial charge in [0.05, 0.1) is 11.6 Å². The number of aromatic hydroxyl groups is 1. The van der Waals surface area contributed by atoms with E-state index in [4.69, 9.17) is 0 Å². The number of hydrogen-bond acceptors (Lipinski definition) is 4. The lowest BCUT2D eigenvalue weighted by molar-refractivity contribution is -0.132. The average Bonchev–Trinajstić information content (AvgIpc) is 3.09. The number of Topliss-reactive ketones (excluding diaryl/α,β-unsaturated/α-hetero) is 1. The second kappa shape index (κ2) is 8.20. The number of rotatable bonds is 3. The van der Waals surface area contributed by atoms with E-state index in [1.54, 1.807) is 18.2 Å². The minimum Gasteiger partial charge on any atom is -0.508 e. The van der Waals surface area contributed by atoms with Crippen LogP contribution < -0.4 is 4.90 Å². The largest absolute Gasteiger partial charge is 0.508 e. The molecule has 5 nitrogen and oxygen atoms in total. The van der Waals surface area contributed by atoms with E-state index < -0.39 is 23.5 Å². The molecule has 33 heavy (non-hydrogen) atoms. The Hall–Kier alpha value is -3.93. The molecule has 0 aromatic heterocycles. The van der Waals surface area contributed by atoms with Crippen LogP contribution in [-0.2, 0) is 22.4 Å². The Morgan fingerprint density at radius 1 is 0.909 bits per heavy atom. The van der Waals surface area contributed by atoms with Gasteiger partial charge in [0.2, 0.25) is 0 Å². The van der Waals surface area contributed by atoms with Crippen LogP contribution in [0.2, 0.25) is 0 Å². The summed E-state index contributed by atoms with van der Waals surface area (Å²) in [5, 5.41) is 21.3. The molecule has 2 N–H and O–H groups in total. The van der Waals surface area contributed by atoms with E-state index in [1.165, 1.54) is 46.9 Å². The van der Waals surface area contributed by atoms with Gasteiger partial charge in [0.15, 0.2) is 0 Å². The molecule has 5 rings (SSSR count). The fraction of sp³-hybridized carbons (Fsp3) is 0.185. The topological polar surface area (TPSA) is 77.8 Å². The number of amides is 1. The van der Waals surface area contributed by atoms with Crippen molar-refractivity contribution in [1.82, 2.24) is 0 Å². The molecular formula is C27H22FNO4. The third kappa shape index (κ3) is 3.67. The van der Waals surface area contributed by atoms with Gasteiger partial charge >= 0.3 is 0 Å². The van der Waals surface area contributed by atoms with Gasteiger partial charge in [-0.25, -0.2) is 4.39 Å². The molecule has 2 aliphatic rings. The normalized spacial score (nSPS) is 19.5. The van der Waals surface area contributed by atoms with E-state index in [2.05, 4.69) is 0 Å². The molecule has 1 aliphatic heterocycles. The Balaban J connectivity index is 1.71. The van der Waals surface area contributed by atoms with Crippen molar-refractivity contribution >= 4 is 23.1 Å². The van der Waals surface area contributed by atoms with Gasteiger partial charge in [-0.05, 0) is 78.8 Å². The molecule has 6 heteroatoms. The summed E-state index contributed by atoms with van der Waals surface area (Å²) >= 11 is 0. The molecule has 3 aromatic rings. The monoisotopic (exact) mass is 443 g/mol. The van der Waals surface area contributed by atoms with Crippen LogP contribution in [0.15, 0.2) is 72.3 Å². The molecule has 0 radical (unpaired) electrons. The molecule has 3 aromatic carbocycles. The summed E-state index contributed by atoms with van der Waals surface area (Å²) in [7, 11) is 0. The highest BCUT2D eigenvalue weighted by Crippen LogP contribution is 2.43. The van der Waals surface area contributed by atoms with Crippen LogP contribution in [0.25, 0.3) is 5.76 Å². The lowest BCUT2D eigenvalue weighted by atomic mass is 9.88. The molecule has 1 saturated heterocycles. The number of aliphatic hydroxyl groups is 1. The van der Waals surface area contributed by atoms with Gasteiger partial charge in [-0.2, -0.15) is 0 Å². The lowest BCUT2D eigenvalue weighted by Gasteiger charge is -2.25. The summed E-state index contributed by atoms with van der Waals surface area (Å²) in [5.41, 5.74) is 3.33. The molecule has 166 valence electrons. The predicted octanol–water partition coefficient (Wildman–Crippen LogP) is 5.04. The van der Waals surface area contributed by atoms with E-state index in [1.807, 2.05) is 12.1 Å².